The Bertz CT molecular complexity index is 602. The Labute approximate surface area is 128 Å². The monoisotopic (exact) mass is 287 g/mol. The molecule has 21 heavy (non-hydrogen) atoms. The molecule has 3 nitrogen and oxygen atoms in total. The van der Waals surface area contributed by atoms with Crippen LogP contribution in [0.4, 0.5) is 0 Å². The second kappa shape index (κ2) is 5.80. The number of benzene rings is 1. The van der Waals surface area contributed by atoms with Crippen molar-refractivity contribution in [2.24, 2.45) is 5.41 Å². The first-order valence-corrected chi connectivity index (χ1v) is 7.91. The zero-order valence-electron chi connectivity index (χ0n) is 14.3. The number of fused-ring (bicyclic) bond motifs is 1. The molecule has 0 radical (unpaired) electrons. The lowest BCUT2D eigenvalue weighted by Crippen LogP contribution is -2.42. The van der Waals surface area contributed by atoms with Crippen LogP contribution in [0.25, 0.3) is 10.9 Å². The van der Waals surface area contributed by atoms with E-state index in [1.165, 1.54) is 16.6 Å². The highest BCUT2D eigenvalue weighted by Crippen LogP contribution is 2.26. The highest BCUT2D eigenvalue weighted by atomic mass is 15.3. The van der Waals surface area contributed by atoms with Gasteiger partial charge in [-0.2, -0.15) is 5.10 Å². The minimum atomic E-state index is 0.155. The van der Waals surface area contributed by atoms with Gasteiger partial charge < -0.3 is 5.32 Å². The number of aryl methyl sites for hydroxylation is 1. The van der Waals surface area contributed by atoms with Gasteiger partial charge in [0.2, 0.25) is 0 Å². The summed E-state index contributed by atoms with van der Waals surface area (Å²) in [6.07, 6.45) is 0.990. The summed E-state index contributed by atoms with van der Waals surface area (Å²) in [7, 11) is 0. The maximum Gasteiger partial charge on any atom is 0.0709 e. The van der Waals surface area contributed by atoms with Crippen LogP contribution in [0.3, 0.4) is 0 Å². The van der Waals surface area contributed by atoms with E-state index in [4.69, 9.17) is 5.10 Å². The molecular weight excluding hydrogens is 258 g/mol. The zero-order valence-corrected chi connectivity index (χ0v) is 14.3. The maximum atomic E-state index is 4.83. The Morgan fingerprint density at radius 2 is 1.76 bits per heavy atom. The second-order valence-electron chi connectivity index (χ2n) is 7.72. The number of nitrogens with one attached hydrogen (secondary N) is 1. The van der Waals surface area contributed by atoms with Gasteiger partial charge in [-0.3, -0.25) is 4.68 Å². The van der Waals surface area contributed by atoms with Crippen molar-refractivity contribution in [1.82, 2.24) is 15.1 Å². The molecular formula is C18H29N3. The van der Waals surface area contributed by atoms with E-state index >= 15 is 0 Å². The van der Waals surface area contributed by atoms with Crippen LogP contribution in [-0.4, -0.2) is 21.9 Å². The third-order valence-electron chi connectivity index (χ3n) is 3.78. The Morgan fingerprint density at radius 1 is 1.10 bits per heavy atom. The molecule has 0 aliphatic rings. The van der Waals surface area contributed by atoms with Crippen LogP contribution >= 0.6 is 0 Å². The van der Waals surface area contributed by atoms with Crippen LogP contribution in [0.1, 0.15) is 47.2 Å². The molecule has 0 saturated heterocycles. The number of para-hydroxylation sites is 1. The first kappa shape index (κ1) is 16.0. The fourth-order valence-electron chi connectivity index (χ4n) is 2.59. The standard InChI is InChI=1S/C18H29N3/c1-7-21-16-11-9-8-10-14(16)15(20-21)12-18(5,6)13-19-17(2,3)4/h8-11,19H,7,12-13H2,1-6H3. The van der Waals surface area contributed by atoms with Crippen LogP contribution in [0, 0.1) is 5.41 Å². The number of nitrogens with zero attached hydrogens (tertiary/aromatic N) is 2. The van der Waals surface area contributed by atoms with E-state index < -0.39 is 0 Å². The first-order chi connectivity index (χ1) is 9.72. The smallest absolute Gasteiger partial charge is 0.0709 e. The molecule has 3 heteroatoms. The predicted octanol–water partition coefficient (Wildman–Crippen LogP) is 4.01. The van der Waals surface area contributed by atoms with Gasteiger partial charge in [0.05, 0.1) is 11.2 Å². The summed E-state index contributed by atoms with van der Waals surface area (Å²) in [5.41, 5.74) is 2.80. The van der Waals surface area contributed by atoms with Gasteiger partial charge >= 0.3 is 0 Å². The lowest BCUT2D eigenvalue weighted by Gasteiger charge is -2.30. The highest BCUT2D eigenvalue weighted by molar-refractivity contribution is 5.82. The molecule has 0 aliphatic carbocycles. The predicted molar refractivity (Wildman–Crippen MR) is 90.6 cm³/mol. The van der Waals surface area contributed by atoms with Crippen molar-refractivity contribution in [2.75, 3.05) is 6.54 Å². The summed E-state index contributed by atoms with van der Waals surface area (Å²) >= 11 is 0. The molecule has 0 aliphatic heterocycles. The van der Waals surface area contributed by atoms with Crippen molar-refractivity contribution in [3.63, 3.8) is 0 Å². The number of rotatable bonds is 5. The number of aromatic nitrogens is 2. The van der Waals surface area contributed by atoms with E-state index in [9.17, 15) is 0 Å². The van der Waals surface area contributed by atoms with Gasteiger partial charge in [-0.15, -0.1) is 0 Å². The van der Waals surface area contributed by atoms with Crippen LogP contribution in [-0.2, 0) is 13.0 Å². The third kappa shape index (κ3) is 4.07. The molecule has 0 saturated carbocycles. The lowest BCUT2D eigenvalue weighted by molar-refractivity contribution is 0.287. The van der Waals surface area contributed by atoms with Crippen LogP contribution in [0.15, 0.2) is 24.3 Å². The summed E-state index contributed by atoms with van der Waals surface area (Å²) in [6.45, 7) is 15.3. The normalized spacial score (nSPS) is 13.0. The minimum Gasteiger partial charge on any atom is -0.312 e. The van der Waals surface area contributed by atoms with E-state index in [0.717, 1.165) is 19.5 Å². The van der Waals surface area contributed by atoms with Gasteiger partial charge in [0.15, 0.2) is 0 Å². The van der Waals surface area contributed by atoms with Crippen molar-refractivity contribution in [3.05, 3.63) is 30.0 Å². The lowest BCUT2D eigenvalue weighted by atomic mass is 9.86. The molecule has 0 spiro atoms. The molecule has 0 fully saturated rings. The highest BCUT2D eigenvalue weighted by Gasteiger charge is 2.24. The van der Waals surface area contributed by atoms with Crippen molar-refractivity contribution < 1.29 is 0 Å². The Morgan fingerprint density at radius 3 is 2.38 bits per heavy atom. The van der Waals surface area contributed by atoms with Crippen LogP contribution in [0.5, 0.6) is 0 Å². The third-order valence-corrected chi connectivity index (χ3v) is 3.78. The van der Waals surface area contributed by atoms with E-state index in [1.54, 1.807) is 0 Å². The molecule has 1 aromatic heterocycles. The largest absolute Gasteiger partial charge is 0.312 e. The molecule has 0 unspecified atom stereocenters. The average molecular weight is 287 g/mol. The Balaban J connectivity index is 2.23. The van der Waals surface area contributed by atoms with Gasteiger partial charge in [-0.1, -0.05) is 32.0 Å². The Hall–Kier alpha value is -1.35. The van der Waals surface area contributed by atoms with Crippen molar-refractivity contribution in [1.29, 1.82) is 0 Å². The number of hydrogen-bond acceptors (Lipinski definition) is 2. The summed E-state index contributed by atoms with van der Waals surface area (Å²) in [5, 5.41) is 9.74. The molecule has 1 heterocycles. The maximum absolute atomic E-state index is 4.83. The fourth-order valence-corrected chi connectivity index (χ4v) is 2.59. The summed E-state index contributed by atoms with van der Waals surface area (Å²) in [6, 6.07) is 8.55. The minimum absolute atomic E-state index is 0.155. The SMILES string of the molecule is CCn1nc(CC(C)(C)CNC(C)(C)C)c2ccccc21. The van der Waals surface area contributed by atoms with Crippen molar-refractivity contribution in [3.8, 4) is 0 Å². The molecule has 116 valence electrons. The number of hydrogen-bond donors (Lipinski definition) is 1. The molecule has 0 bridgehead atoms. The quantitative estimate of drug-likeness (QED) is 0.900. The molecule has 1 aromatic carbocycles. The Kier molecular flexibility index (Phi) is 4.43. The van der Waals surface area contributed by atoms with Gasteiger partial charge in [-0.05, 0) is 45.6 Å². The second-order valence-corrected chi connectivity index (χ2v) is 7.72. The molecule has 2 rings (SSSR count). The van der Waals surface area contributed by atoms with Gasteiger partial charge in [-0.25, -0.2) is 0 Å². The molecule has 2 aromatic rings. The van der Waals surface area contributed by atoms with Gasteiger partial charge in [0.1, 0.15) is 0 Å². The van der Waals surface area contributed by atoms with Crippen molar-refractivity contribution in [2.45, 2.75) is 60.0 Å². The van der Waals surface area contributed by atoms with Crippen LogP contribution in [0.2, 0.25) is 0 Å². The van der Waals surface area contributed by atoms with Crippen molar-refractivity contribution >= 4 is 10.9 Å². The molecule has 0 amide bonds. The summed E-state index contributed by atoms with van der Waals surface area (Å²) in [5.74, 6) is 0. The molecule has 1 N–H and O–H groups in total. The van der Waals surface area contributed by atoms with E-state index in [0.29, 0.717) is 0 Å². The van der Waals surface area contributed by atoms with Crippen LogP contribution < -0.4 is 5.32 Å². The summed E-state index contributed by atoms with van der Waals surface area (Å²) < 4.78 is 2.11. The topological polar surface area (TPSA) is 29.9 Å². The van der Waals surface area contributed by atoms with Gasteiger partial charge in [0.25, 0.3) is 0 Å². The molecule has 0 atom stereocenters. The van der Waals surface area contributed by atoms with E-state index in [-0.39, 0.29) is 11.0 Å². The summed E-state index contributed by atoms with van der Waals surface area (Å²) in [4.78, 5) is 0. The first-order valence-electron chi connectivity index (χ1n) is 7.91. The average Bonchev–Trinajstić information content (AvgIpc) is 2.74. The zero-order chi connectivity index (χ0) is 15.7. The van der Waals surface area contributed by atoms with E-state index in [1.807, 2.05) is 0 Å². The van der Waals surface area contributed by atoms with Gasteiger partial charge in [0, 0.05) is 24.0 Å². The van der Waals surface area contributed by atoms with E-state index in [2.05, 4.69) is 75.8 Å². The fraction of sp³-hybridized carbons (Fsp3) is 0.611.